The van der Waals surface area contributed by atoms with Gasteiger partial charge in [0.2, 0.25) is 0 Å². The third kappa shape index (κ3) is 2.59. The molecule has 0 heterocycles. The molecule has 0 radical (unpaired) electrons. The van der Waals surface area contributed by atoms with Crippen LogP contribution in [0, 0.1) is 19.7 Å². The van der Waals surface area contributed by atoms with E-state index in [0.29, 0.717) is 5.56 Å². The van der Waals surface area contributed by atoms with E-state index in [1.165, 1.54) is 11.1 Å². The van der Waals surface area contributed by atoms with Crippen LogP contribution in [-0.2, 0) is 6.54 Å². The fourth-order valence-electron chi connectivity index (χ4n) is 2.06. The van der Waals surface area contributed by atoms with Gasteiger partial charge in [-0.3, -0.25) is 0 Å². The smallest absolute Gasteiger partial charge is 0.126 e. The summed E-state index contributed by atoms with van der Waals surface area (Å²) in [6.07, 6.45) is 0. The van der Waals surface area contributed by atoms with Crippen molar-refractivity contribution in [2.45, 2.75) is 20.4 Å². The van der Waals surface area contributed by atoms with Crippen LogP contribution < -0.4 is 5.32 Å². The van der Waals surface area contributed by atoms with Crippen molar-refractivity contribution in [1.82, 2.24) is 5.32 Å². The Hall–Kier alpha value is -1.67. The van der Waals surface area contributed by atoms with Crippen molar-refractivity contribution >= 4 is 0 Å². The minimum atomic E-state index is -0.149. The highest BCUT2D eigenvalue weighted by atomic mass is 19.1. The lowest BCUT2D eigenvalue weighted by Gasteiger charge is -2.11. The summed E-state index contributed by atoms with van der Waals surface area (Å²) in [4.78, 5) is 0. The van der Waals surface area contributed by atoms with Gasteiger partial charge in [0.15, 0.2) is 0 Å². The highest BCUT2D eigenvalue weighted by Crippen LogP contribution is 2.26. The van der Waals surface area contributed by atoms with Crippen LogP contribution in [0.1, 0.15) is 16.7 Å². The van der Waals surface area contributed by atoms with E-state index in [9.17, 15) is 4.39 Å². The van der Waals surface area contributed by atoms with Gasteiger partial charge in [-0.25, -0.2) is 4.39 Å². The molecule has 0 saturated carbocycles. The normalized spacial score (nSPS) is 10.7. The molecule has 1 N–H and O–H groups in total. The zero-order valence-corrected chi connectivity index (χ0v) is 11.0. The molecule has 0 bridgehead atoms. The van der Waals surface area contributed by atoms with Crippen LogP contribution in [0.25, 0.3) is 11.1 Å². The lowest BCUT2D eigenvalue weighted by molar-refractivity contribution is 0.619. The number of aryl methyl sites for hydroxylation is 2. The summed E-state index contributed by atoms with van der Waals surface area (Å²) in [5.41, 5.74) is 5.09. The van der Waals surface area contributed by atoms with Crippen LogP contribution in [0.3, 0.4) is 0 Å². The van der Waals surface area contributed by atoms with Crippen molar-refractivity contribution in [3.63, 3.8) is 0 Å². The summed E-state index contributed by atoms with van der Waals surface area (Å²) < 4.78 is 13.7. The second-order valence-corrected chi connectivity index (χ2v) is 4.65. The molecule has 0 aromatic heterocycles. The van der Waals surface area contributed by atoms with Crippen molar-refractivity contribution in [3.8, 4) is 11.1 Å². The Morgan fingerprint density at radius 3 is 2.50 bits per heavy atom. The first kappa shape index (κ1) is 12.8. The predicted octanol–water partition coefficient (Wildman–Crippen LogP) is 3.83. The Morgan fingerprint density at radius 1 is 1.06 bits per heavy atom. The molecular formula is C16H18FN. The van der Waals surface area contributed by atoms with Crippen molar-refractivity contribution < 1.29 is 4.39 Å². The molecule has 2 aromatic carbocycles. The third-order valence-corrected chi connectivity index (χ3v) is 3.12. The predicted molar refractivity (Wildman–Crippen MR) is 74.1 cm³/mol. The number of halogens is 1. The Morgan fingerprint density at radius 2 is 1.83 bits per heavy atom. The quantitative estimate of drug-likeness (QED) is 0.864. The Balaban J connectivity index is 2.54. The highest BCUT2D eigenvalue weighted by Gasteiger charge is 2.07. The standard InChI is InChI=1S/C16H18FN/c1-11-4-6-14(10-18-3)15(8-11)13-7-5-12(2)16(17)9-13/h4-9,18H,10H2,1-3H3. The van der Waals surface area contributed by atoms with Crippen LogP contribution >= 0.6 is 0 Å². The molecule has 0 saturated heterocycles. The van der Waals surface area contributed by atoms with Crippen molar-refractivity contribution in [1.29, 1.82) is 0 Å². The van der Waals surface area contributed by atoms with Gasteiger partial charge in [0.1, 0.15) is 5.82 Å². The summed E-state index contributed by atoms with van der Waals surface area (Å²) in [6.45, 7) is 4.62. The molecule has 0 atom stereocenters. The van der Waals surface area contributed by atoms with Gasteiger partial charge in [-0.1, -0.05) is 35.9 Å². The summed E-state index contributed by atoms with van der Waals surface area (Å²) in [5.74, 6) is -0.149. The van der Waals surface area contributed by atoms with E-state index in [2.05, 4.69) is 30.4 Å². The zero-order chi connectivity index (χ0) is 13.1. The minimum Gasteiger partial charge on any atom is -0.316 e. The Bertz CT molecular complexity index is 561. The molecule has 0 aliphatic heterocycles. The Labute approximate surface area is 108 Å². The SMILES string of the molecule is CNCc1ccc(C)cc1-c1ccc(C)c(F)c1. The van der Waals surface area contributed by atoms with E-state index in [1.54, 1.807) is 13.0 Å². The van der Waals surface area contributed by atoms with Crippen LogP contribution in [0.15, 0.2) is 36.4 Å². The first-order valence-corrected chi connectivity index (χ1v) is 6.12. The van der Waals surface area contributed by atoms with E-state index in [4.69, 9.17) is 0 Å². The molecule has 0 spiro atoms. The number of hydrogen-bond acceptors (Lipinski definition) is 1. The summed E-state index contributed by atoms with van der Waals surface area (Å²) in [6, 6.07) is 11.7. The first-order chi connectivity index (χ1) is 8.61. The second kappa shape index (κ2) is 5.32. The molecule has 0 unspecified atom stereocenters. The molecule has 94 valence electrons. The maximum absolute atomic E-state index is 13.7. The summed E-state index contributed by atoms with van der Waals surface area (Å²) in [5, 5.41) is 3.15. The van der Waals surface area contributed by atoms with Gasteiger partial charge in [0.05, 0.1) is 0 Å². The van der Waals surface area contributed by atoms with Crippen LogP contribution in [0.5, 0.6) is 0 Å². The van der Waals surface area contributed by atoms with E-state index >= 15 is 0 Å². The van der Waals surface area contributed by atoms with Gasteiger partial charge in [-0.2, -0.15) is 0 Å². The fraction of sp³-hybridized carbons (Fsp3) is 0.250. The molecule has 1 nitrogen and oxygen atoms in total. The van der Waals surface area contributed by atoms with Crippen molar-refractivity contribution in [2.75, 3.05) is 7.05 Å². The molecule has 2 aromatic rings. The first-order valence-electron chi connectivity index (χ1n) is 6.12. The molecule has 0 aliphatic carbocycles. The van der Waals surface area contributed by atoms with Gasteiger partial charge < -0.3 is 5.32 Å². The molecule has 0 amide bonds. The monoisotopic (exact) mass is 243 g/mol. The van der Waals surface area contributed by atoms with Gasteiger partial charge in [0.25, 0.3) is 0 Å². The number of hydrogen-bond donors (Lipinski definition) is 1. The largest absolute Gasteiger partial charge is 0.316 e. The van der Waals surface area contributed by atoms with Gasteiger partial charge >= 0.3 is 0 Å². The van der Waals surface area contributed by atoms with Crippen molar-refractivity contribution in [3.05, 3.63) is 58.9 Å². The topological polar surface area (TPSA) is 12.0 Å². The van der Waals surface area contributed by atoms with E-state index in [-0.39, 0.29) is 5.82 Å². The maximum atomic E-state index is 13.7. The average Bonchev–Trinajstić information content (AvgIpc) is 2.35. The summed E-state index contributed by atoms with van der Waals surface area (Å²) >= 11 is 0. The van der Waals surface area contributed by atoms with Crippen LogP contribution in [0.4, 0.5) is 4.39 Å². The molecule has 18 heavy (non-hydrogen) atoms. The fourth-order valence-corrected chi connectivity index (χ4v) is 2.06. The maximum Gasteiger partial charge on any atom is 0.126 e. The minimum absolute atomic E-state index is 0.149. The van der Waals surface area contributed by atoms with Gasteiger partial charge in [-0.05, 0) is 49.2 Å². The van der Waals surface area contributed by atoms with Gasteiger partial charge in [0, 0.05) is 6.54 Å². The van der Waals surface area contributed by atoms with Gasteiger partial charge in [-0.15, -0.1) is 0 Å². The number of rotatable bonds is 3. The molecule has 2 rings (SSSR count). The highest BCUT2D eigenvalue weighted by molar-refractivity contribution is 5.68. The lowest BCUT2D eigenvalue weighted by atomic mass is 9.96. The zero-order valence-electron chi connectivity index (χ0n) is 11.0. The molecule has 2 heteroatoms. The van der Waals surface area contributed by atoms with Crippen molar-refractivity contribution in [2.24, 2.45) is 0 Å². The number of benzene rings is 2. The second-order valence-electron chi connectivity index (χ2n) is 4.65. The summed E-state index contributed by atoms with van der Waals surface area (Å²) in [7, 11) is 1.92. The lowest BCUT2D eigenvalue weighted by Crippen LogP contribution is -2.06. The molecular weight excluding hydrogens is 225 g/mol. The van der Waals surface area contributed by atoms with E-state index < -0.39 is 0 Å². The van der Waals surface area contributed by atoms with E-state index in [0.717, 1.165) is 17.7 Å². The third-order valence-electron chi connectivity index (χ3n) is 3.12. The molecule has 0 fully saturated rings. The van der Waals surface area contributed by atoms with Crippen LogP contribution in [-0.4, -0.2) is 7.05 Å². The Kier molecular flexibility index (Phi) is 3.78. The van der Waals surface area contributed by atoms with E-state index in [1.807, 2.05) is 19.2 Å². The van der Waals surface area contributed by atoms with Crippen LogP contribution in [0.2, 0.25) is 0 Å². The number of nitrogens with one attached hydrogen (secondary N) is 1. The average molecular weight is 243 g/mol. The molecule has 0 aliphatic rings.